The highest BCUT2D eigenvalue weighted by Gasteiger charge is 2.20. The van der Waals surface area contributed by atoms with E-state index in [0.29, 0.717) is 12.5 Å². The van der Waals surface area contributed by atoms with E-state index in [4.69, 9.17) is 4.74 Å². The van der Waals surface area contributed by atoms with Crippen molar-refractivity contribution in [3.63, 3.8) is 0 Å². The number of hydrogen-bond donors (Lipinski definition) is 2. The van der Waals surface area contributed by atoms with Gasteiger partial charge >= 0.3 is 0 Å². The number of nitrogens with zero attached hydrogens (tertiary/aromatic N) is 5. The maximum atomic E-state index is 5.63. The molecule has 0 unspecified atom stereocenters. The van der Waals surface area contributed by atoms with Crippen LogP contribution in [0, 0.1) is 13.8 Å². The summed E-state index contributed by atoms with van der Waals surface area (Å²) in [5, 5.41) is 13.4. The van der Waals surface area contributed by atoms with Gasteiger partial charge in [0.15, 0.2) is 5.65 Å². The number of anilines is 2. The van der Waals surface area contributed by atoms with E-state index in [-0.39, 0.29) is 0 Å². The van der Waals surface area contributed by atoms with Gasteiger partial charge in [-0.25, -0.2) is 4.98 Å². The molecule has 2 N–H and O–H groups in total. The Hall–Kier alpha value is -3.65. The van der Waals surface area contributed by atoms with Crippen LogP contribution in [0.3, 0.4) is 0 Å². The summed E-state index contributed by atoms with van der Waals surface area (Å²) >= 11 is 0. The minimum absolute atomic E-state index is 0.637. The van der Waals surface area contributed by atoms with Gasteiger partial charge in [0.05, 0.1) is 11.4 Å². The molecular formula is C26H29N7O. The van der Waals surface area contributed by atoms with Gasteiger partial charge in [0.25, 0.3) is 0 Å². The van der Waals surface area contributed by atoms with Crippen molar-refractivity contribution < 1.29 is 4.74 Å². The largest absolute Gasteiger partial charge is 0.474 e. The molecule has 2 aliphatic rings. The molecule has 5 heterocycles. The molecule has 1 saturated heterocycles. The number of fused-ring (bicyclic) bond motifs is 2. The third-order valence-corrected chi connectivity index (χ3v) is 6.86. The van der Waals surface area contributed by atoms with Gasteiger partial charge in [-0.3, -0.25) is 0 Å². The molecule has 2 aliphatic heterocycles. The van der Waals surface area contributed by atoms with Gasteiger partial charge in [-0.1, -0.05) is 0 Å². The van der Waals surface area contributed by atoms with Crippen LogP contribution in [0.4, 0.5) is 11.4 Å². The highest BCUT2D eigenvalue weighted by atomic mass is 16.5. The number of piperazine rings is 1. The summed E-state index contributed by atoms with van der Waals surface area (Å²) < 4.78 is 5.63. The molecule has 1 fully saturated rings. The molecular weight excluding hydrogens is 426 g/mol. The fourth-order valence-electron chi connectivity index (χ4n) is 5.11. The number of hydrogen-bond acceptors (Lipinski definition) is 7. The van der Waals surface area contributed by atoms with Crippen molar-refractivity contribution in [1.82, 2.24) is 25.1 Å². The van der Waals surface area contributed by atoms with Crippen molar-refractivity contribution in [2.75, 3.05) is 56.6 Å². The maximum Gasteiger partial charge on any atom is 0.237 e. The van der Waals surface area contributed by atoms with Crippen LogP contribution >= 0.6 is 0 Å². The first kappa shape index (κ1) is 20.9. The van der Waals surface area contributed by atoms with Crippen LogP contribution in [0.1, 0.15) is 11.1 Å². The number of H-pyrrole nitrogens is 1. The summed E-state index contributed by atoms with van der Waals surface area (Å²) in [6.07, 6.45) is 3.83. The second-order valence-corrected chi connectivity index (χ2v) is 9.30. The Balaban J connectivity index is 1.37. The minimum atomic E-state index is 0.637. The Kier molecular flexibility index (Phi) is 5.10. The molecule has 0 spiro atoms. The van der Waals surface area contributed by atoms with Crippen LogP contribution in [0.5, 0.6) is 5.88 Å². The molecule has 0 bridgehead atoms. The number of aryl methyl sites for hydroxylation is 2. The van der Waals surface area contributed by atoms with Gasteiger partial charge < -0.3 is 24.8 Å². The Morgan fingerprint density at radius 3 is 2.53 bits per heavy atom. The van der Waals surface area contributed by atoms with E-state index < -0.39 is 0 Å². The van der Waals surface area contributed by atoms with Crippen LogP contribution in [0.2, 0.25) is 0 Å². The first-order chi connectivity index (χ1) is 16.6. The van der Waals surface area contributed by atoms with Crippen LogP contribution < -0.4 is 15.0 Å². The second-order valence-electron chi connectivity index (χ2n) is 9.30. The van der Waals surface area contributed by atoms with Crippen molar-refractivity contribution in [3.8, 4) is 28.3 Å². The zero-order chi connectivity index (χ0) is 23.2. The monoisotopic (exact) mass is 455 g/mol. The summed E-state index contributed by atoms with van der Waals surface area (Å²) in [6, 6.07) is 8.69. The average Bonchev–Trinajstić information content (AvgIpc) is 3.28. The number of likely N-dealkylation sites (N-methyl/N-ethyl adjacent to an activating group) is 1. The van der Waals surface area contributed by atoms with Crippen molar-refractivity contribution >= 4 is 22.4 Å². The number of aromatic amines is 1. The van der Waals surface area contributed by atoms with Gasteiger partial charge in [-0.2, -0.15) is 0 Å². The minimum Gasteiger partial charge on any atom is -0.474 e. The lowest BCUT2D eigenvalue weighted by Gasteiger charge is -2.36. The van der Waals surface area contributed by atoms with Crippen molar-refractivity contribution in [1.29, 1.82) is 0 Å². The molecule has 3 aromatic heterocycles. The number of ether oxygens (including phenoxy) is 1. The number of aromatic nitrogens is 4. The zero-order valence-electron chi connectivity index (χ0n) is 19.9. The van der Waals surface area contributed by atoms with Gasteiger partial charge in [-0.05, 0) is 56.3 Å². The molecule has 0 aliphatic carbocycles. The van der Waals surface area contributed by atoms with E-state index >= 15 is 0 Å². The predicted molar refractivity (Wildman–Crippen MR) is 136 cm³/mol. The third-order valence-electron chi connectivity index (χ3n) is 6.86. The van der Waals surface area contributed by atoms with E-state index in [0.717, 1.165) is 71.8 Å². The standard InChI is InChI=1S/C26H29N7O/c1-16-10-18(11-17(2)24(16)33-7-5-32(3)6-8-33)22-13-20-21(15-28-25(20)31-30-22)19-12-23-26(29-14-19)34-9-4-27-23/h10-15,27H,4-9H2,1-3H3,(H,28,31). The molecule has 174 valence electrons. The molecule has 0 radical (unpaired) electrons. The predicted octanol–water partition coefficient (Wildman–Crippen LogP) is 3.86. The fraction of sp³-hybridized carbons (Fsp3) is 0.346. The number of benzene rings is 1. The zero-order valence-corrected chi connectivity index (χ0v) is 19.9. The van der Waals surface area contributed by atoms with E-state index in [2.05, 4.69) is 80.4 Å². The lowest BCUT2D eigenvalue weighted by molar-refractivity contribution is 0.310. The Morgan fingerprint density at radius 1 is 0.941 bits per heavy atom. The quantitative estimate of drug-likeness (QED) is 0.485. The van der Waals surface area contributed by atoms with E-state index in [1.54, 1.807) is 0 Å². The lowest BCUT2D eigenvalue weighted by Crippen LogP contribution is -2.45. The van der Waals surface area contributed by atoms with Gasteiger partial charge in [0.2, 0.25) is 5.88 Å². The maximum absolute atomic E-state index is 5.63. The highest BCUT2D eigenvalue weighted by Crippen LogP contribution is 2.36. The van der Waals surface area contributed by atoms with E-state index in [1.807, 2.05) is 12.4 Å². The van der Waals surface area contributed by atoms with Crippen LogP contribution in [-0.4, -0.2) is 71.4 Å². The molecule has 8 heteroatoms. The number of pyridine rings is 1. The lowest BCUT2D eigenvalue weighted by atomic mass is 9.99. The van der Waals surface area contributed by atoms with Crippen LogP contribution in [0.25, 0.3) is 33.4 Å². The number of nitrogens with one attached hydrogen (secondary N) is 2. The van der Waals surface area contributed by atoms with Crippen molar-refractivity contribution in [2.45, 2.75) is 13.8 Å². The van der Waals surface area contributed by atoms with Crippen molar-refractivity contribution in [3.05, 3.63) is 47.8 Å². The van der Waals surface area contributed by atoms with E-state index in [1.165, 1.54) is 16.8 Å². The molecule has 34 heavy (non-hydrogen) atoms. The average molecular weight is 456 g/mol. The molecule has 6 rings (SSSR count). The Morgan fingerprint density at radius 2 is 1.74 bits per heavy atom. The second kappa shape index (κ2) is 8.29. The third kappa shape index (κ3) is 3.64. The summed E-state index contributed by atoms with van der Waals surface area (Å²) in [7, 11) is 2.19. The number of rotatable bonds is 3. The van der Waals surface area contributed by atoms with Gasteiger partial charge in [-0.15, -0.1) is 10.2 Å². The first-order valence-corrected chi connectivity index (χ1v) is 11.8. The Labute approximate surface area is 199 Å². The summed E-state index contributed by atoms with van der Waals surface area (Å²) in [5.74, 6) is 0.654. The highest BCUT2D eigenvalue weighted by molar-refractivity contribution is 5.95. The van der Waals surface area contributed by atoms with Crippen LogP contribution in [-0.2, 0) is 0 Å². The smallest absolute Gasteiger partial charge is 0.237 e. The Bertz CT molecular complexity index is 1350. The summed E-state index contributed by atoms with van der Waals surface area (Å²) in [5.41, 5.74) is 9.62. The molecule has 8 nitrogen and oxygen atoms in total. The molecule has 0 atom stereocenters. The van der Waals surface area contributed by atoms with Crippen LogP contribution in [0.15, 0.2) is 36.7 Å². The summed E-state index contributed by atoms with van der Waals surface area (Å²) in [6.45, 7) is 10.1. The van der Waals surface area contributed by atoms with Crippen molar-refractivity contribution in [2.24, 2.45) is 0 Å². The SMILES string of the molecule is Cc1cc(-c2cc3c(-c4cnc5c(c4)NCCO5)c[nH]c3nn2)cc(C)c1N1CCN(C)CC1. The first-order valence-electron chi connectivity index (χ1n) is 11.8. The molecule has 0 saturated carbocycles. The molecule has 1 aromatic carbocycles. The van der Waals surface area contributed by atoms with E-state index in [9.17, 15) is 0 Å². The normalized spacial score (nSPS) is 16.3. The molecule has 0 amide bonds. The van der Waals surface area contributed by atoms with Gasteiger partial charge in [0.1, 0.15) is 6.61 Å². The van der Waals surface area contributed by atoms with Gasteiger partial charge in [0, 0.05) is 72.9 Å². The molecule has 4 aromatic rings. The topological polar surface area (TPSA) is 82.2 Å². The summed E-state index contributed by atoms with van der Waals surface area (Å²) in [4.78, 5) is 12.7. The fourth-order valence-corrected chi connectivity index (χ4v) is 5.11.